The minimum Gasteiger partial charge on any atom is -0.383 e. The van der Waals surface area contributed by atoms with Gasteiger partial charge in [0.1, 0.15) is 5.82 Å². The van der Waals surface area contributed by atoms with Crippen LogP contribution in [0.1, 0.15) is 11.1 Å². The Balaban J connectivity index is 2.53. The van der Waals surface area contributed by atoms with Crippen molar-refractivity contribution < 1.29 is 9.47 Å². The second kappa shape index (κ2) is 8.85. The first-order valence-electron chi connectivity index (χ1n) is 6.54. The number of anilines is 1. The normalized spacial score (nSPS) is 10.7. The topological polar surface area (TPSA) is 46.6 Å². The van der Waals surface area contributed by atoms with Crippen LogP contribution in [0.2, 0.25) is 0 Å². The van der Waals surface area contributed by atoms with Crippen LogP contribution in [0.3, 0.4) is 0 Å². The second-order valence-electron chi connectivity index (χ2n) is 4.57. The molecule has 0 spiro atoms. The van der Waals surface area contributed by atoms with Gasteiger partial charge in [0.05, 0.1) is 13.2 Å². The van der Waals surface area contributed by atoms with Gasteiger partial charge in [-0.25, -0.2) is 4.98 Å². The third kappa shape index (κ3) is 5.55. The number of pyridine rings is 1. The second-order valence-corrected chi connectivity index (χ2v) is 4.57. The lowest BCUT2D eigenvalue weighted by molar-refractivity contribution is 0.199. The summed E-state index contributed by atoms with van der Waals surface area (Å²) in [4.78, 5) is 6.64. The first-order valence-corrected chi connectivity index (χ1v) is 6.54. The van der Waals surface area contributed by atoms with E-state index in [4.69, 9.17) is 9.47 Å². The highest BCUT2D eigenvalue weighted by molar-refractivity contribution is 5.46. The van der Waals surface area contributed by atoms with Crippen LogP contribution in [0.5, 0.6) is 0 Å². The molecule has 0 amide bonds. The van der Waals surface area contributed by atoms with Crippen LogP contribution in [0.4, 0.5) is 5.82 Å². The number of methoxy groups -OCH3 is 2. The van der Waals surface area contributed by atoms with Crippen LogP contribution in [-0.4, -0.2) is 52.6 Å². The largest absolute Gasteiger partial charge is 0.383 e. The molecular weight excluding hydrogens is 242 g/mol. The summed E-state index contributed by atoms with van der Waals surface area (Å²) in [5, 5.41) is 3.31. The Morgan fingerprint density at radius 2 is 2.00 bits per heavy atom. The quantitative estimate of drug-likeness (QED) is 0.681. The Morgan fingerprint density at radius 3 is 2.63 bits per heavy atom. The highest BCUT2D eigenvalue weighted by Gasteiger charge is 2.06. The molecule has 0 atom stereocenters. The molecule has 1 rings (SSSR count). The zero-order chi connectivity index (χ0) is 14.1. The highest BCUT2D eigenvalue weighted by Crippen LogP contribution is 2.16. The Kier molecular flexibility index (Phi) is 7.40. The number of aryl methyl sites for hydroxylation is 1. The molecule has 0 saturated heterocycles. The summed E-state index contributed by atoms with van der Waals surface area (Å²) in [5.74, 6) is 1.01. The predicted molar refractivity (Wildman–Crippen MR) is 77.7 cm³/mol. The van der Waals surface area contributed by atoms with Gasteiger partial charge in [-0.15, -0.1) is 0 Å². The molecule has 19 heavy (non-hydrogen) atoms. The maximum atomic E-state index is 5.08. The zero-order valence-corrected chi connectivity index (χ0v) is 12.4. The maximum absolute atomic E-state index is 5.08. The molecule has 1 N–H and O–H groups in total. The van der Waals surface area contributed by atoms with Crippen molar-refractivity contribution in [2.45, 2.75) is 13.5 Å². The number of nitrogens with zero attached hydrogens (tertiary/aromatic N) is 2. The Labute approximate surface area is 115 Å². The lowest BCUT2D eigenvalue weighted by Crippen LogP contribution is -2.24. The van der Waals surface area contributed by atoms with Gasteiger partial charge in [0.2, 0.25) is 0 Å². The van der Waals surface area contributed by atoms with E-state index in [1.54, 1.807) is 14.2 Å². The van der Waals surface area contributed by atoms with Gasteiger partial charge >= 0.3 is 0 Å². The molecule has 1 heterocycles. The van der Waals surface area contributed by atoms with Crippen LogP contribution in [-0.2, 0) is 16.0 Å². The third-order valence-electron chi connectivity index (χ3n) is 2.91. The molecule has 108 valence electrons. The van der Waals surface area contributed by atoms with Crippen LogP contribution < -0.4 is 10.2 Å². The summed E-state index contributed by atoms with van der Waals surface area (Å²) in [6.07, 6.45) is 1.92. The van der Waals surface area contributed by atoms with Gasteiger partial charge in [0, 0.05) is 47.1 Å². The molecule has 0 bridgehead atoms. The van der Waals surface area contributed by atoms with E-state index < -0.39 is 0 Å². The van der Waals surface area contributed by atoms with Gasteiger partial charge in [-0.3, -0.25) is 0 Å². The molecule has 0 saturated carbocycles. The summed E-state index contributed by atoms with van der Waals surface area (Å²) >= 11 is 0. The number of likely N-dealkylation sites (N-methyl/N-ethyl adjacent to an activating group) is 1. The van der Waals surface area contributed by atoms with Crippen molar-refractivity contribution in [1.29, 1.82) is 0 Å². The van der Waals surface area contributed by atoms with E-state index >= 15 is 0 Å². The molecule has 0 fully saturated rings. The fraction of sp³-hybridized carbons (Fsp3) is 0.643. The molecular formula is C14H25N3O2. The van der Waals surface area contributed by atoms with Gasteiger partial charge in [-0.2, -0.15) is 0 Å². The summed E-state index contributed by atoms with van der Waals surface area (Å²) in [5.41, 5.74) is 2.38. The van der Waals surface area contributed by atoms with E-state index in [2.05, 4.69) is 28.2 Å². The zero-order valence-electron chi connectivity index (χ0n) is 12.4. The first-order chi connectivity index (χ1) is 9.19. The minimum absolute atomic E-state index is 0.706. The van der Waals surface area contributed by atoms with Gasteiger partial charge < -0.3 is 19.7 Å². The Bertz CT molecular complexity index is 372. The van der Waals surface area contributed by atoms with Crippen LogP contribution in [0.25, 0.3) is 0 Å². The average molecular weight is 267 g/mol. The molecule has 0 aromatic carbocycles. The molecule has 0 radical (unpaired) electrons. The highest BCUT2D eigenvalue weighted by atomic mass is 16.5. The Morgan fingerprint density at radius 1 is 1.26 bits per heavy atom. The molecule has 5 heteroatoms. The van der Waals surface area contributed by atoms with Crippen LogP contribution in [0.15, 0.2) is 12.3 Å². The summed E-state index contributed by atoms with van der Waals surface area (Å²) in [6, 6.07) is 2.17. The van der Waals surface area contributed by atoms with E-state index in [9.17, 15) is 0 Å². The SMILES string of the molecule is COCCNCc1cnc(N(C)CCOC)c(C)c1. The number of rotatable bonds is 9. The van der Waals surface area contributed by atoms with E-state index in [0.717, 1.165) is 32.1 Å². The Hall–Kier alpha value is -1.17. The van der Waals surface area contributed by atoms with Gasteiger partial charge in [0.25, 0.3) is 0 Å². The standard InChI is InChI=1S/C14H25N3O2/c1-12-9-13(10-15-5-7-18-3)11-16-14(12)17(2)6-8-19-4/h9,11,15H,5-8,10H2,1-4H3. The van der Waals surface area contributed by atoms with Crippen molar-refractivity contribution >= 4 is 5.82 Å². The van der Waals surface area contributed by atoms with E-state index in [0.29, 0.717) is 6.61 Å². The minimum atomic E-state index is 0.706. The molecule has 0 unspecified atom stereocenters. The number of nitrogens with one attached hydrogen (secondary N) is 1. The van der Waals surface area contributed by atoms with Crippen molar-refractivity contribution in [3.63, 3.8) is 0 Å². The van der Waals surface area contributed by atoms with Crippen molar-refractivity contribution in [3.8, 4) is 0 Å². The fourth-order valence-corrected chi connectivity index (χ4v) is 1.86. The van der Waals surface area contributed by atoms with E-state index in [-0.39, 0.29) is 0 Å². The molecule has 1 aromatic rings. The third-order valence-corrected chi connectivity index (χ3v) is 2.91. The molecule has 5 nitrogen and oxygen atoms in total. The smallest absolute Gasteiger partial charge is 0.131 e. The maximum Gasteiger partial charge on any atom is 0.131 e. The molecule has 1 aromatic heterocycles. The number of ether oxygens (including phenoxy) is 2. The predicted octanol–water partition coefficient (Wildman–Crippen LogP) is 1.21. The number of aromatic nitrogens is 1. The molecule has 0 aliphatic rings. The summed E-state index contributed by atoms with van der Waals surface area (Å²) in [7, 11) is 5.45. The van der Waals surface area contributed by atoms with Gasteiger partial charge in [0.15, 0.2) is 0 Å². The average Bonchev–Trinajstić information content (AvgIpc) is 2.41. The van der Waals surface area contributed by atoms with Crippen molar-refractivity contribution in [2.24, 2.45) is 0 Å². The van der Waals surface area contributed by atoms with Gasteiger partial charge in [-0.1, -0.05) is 0 Å². The molecule has 0 aliphatic carbocycles. The van der Waals surface area contributed by atoms with Crippen molar-refractivity contribution in [2.75, 3.05) is 52.5 Å². The van der Waals surface area contributed by atoms with Crippen LogP contribution in [0, 0.1) is 6.92 Å². The lowest BCUT2D eigenvalue weighted by Gasteiger charge is -2.20. The van der Waals surface area contributed by atoms with Crippen molar-refractivity contribution in [1.82, 2.24) is 10.3 Å². The van der Waals surface area contributed by atoms with E-state index in [1.165, 1.54) is 11.1 Å². The lowest BCUT2D eigenvalue weighted by atomic mass is 10.2. The van der Waals surface area contributed by atoms with E-state index in [1.807, 2.05) is 13.2 Å². The fourth-order valence-electron chi connectivity index (χ4n) is 1.86. The van der Waals surface area contributed by atoms with Crippen LogP contribution >= 0.6 is 0 Å². The molecule has 0 aliphatic heterocycles. The number of hydrogen-bond donors (Lipinski definition) is 1. The van der Waals surface area contributed by atoms with Gasteiger partial charge in [-0.05, 0) is 24.1 Å². The monoisotopic (exact) mass is 267 g/mol. The van der Waals surface area contributed by atoms with Crippen molar-refractivity contribution in [3.05, 3.63) is 23.4 Å². The summed E-state index contributed by atoms with van der Waals surface area (Å²) in [6.45, 7) is 6.03. The first kappa shape index (κ1) is 15.9. The number of hydrogen-bond acceptors (Lipinski definition) is 5. The summed E-state index contributed by atoms with van der Waals surface area (Å²) < 4.78 is 10.1.